The Morgan fingerprint density at radius 2 is 0.848 bits per heavy atom. The number of hydrogen-bond donors (Lipinski definition) is 0. The maximum absolute atomic E-state index is 6.78. The van der Waals surface area contributed by atoms with E-state index in [4.69, 9.17) is 17.7 Å². The van der Waals surface area contributed by atoms with E-state index in [1.807, 2.05) is 0 Å². The molecular weight excluding hydrogens is 444 g/mol. The summed E-state index contributed by atoms with van der Waals surface area (Å²) in [5.41, 5.74) is 4.68. The van der Waals surface area contributed by atoms with Crippen LogP contribution in [0.1, 0.15) is 119 Å². The summed E-state index contributed by atoms with van der Waals surface area (Å²) >= 11 is 0. The first-order valence-corrected chi connectivity index (χ1v) is 17.9. The van der Waals surface area contributed by atoms with E-state index in [-0.39, 0.29) is 5.16 Å². The molecule has 0 aliphatic rings. The molecule has 0 heterocycles. The normalized spacial score (nSPS) is 14.0. The summed E-state index contributed by atoms with van der Waals surface area (Å²) in [6.07, 6.45) is 16.4. The summed E-state index contributed by atoms with van der Waals surface area (Å²) in [6.45, 7) is 18.3. The maximum atomic E-state index is 6.78. The van der Waals surface area contributed by atoms with Gasteiger partial charge in [-0.2, -0.15) is 0 Å². The molecule has 0 amide bonds. The maximum Gasteiger partial charge on any atom is 0.370 e. The van der Waals surface area contributed by atoms with Crippen LogP contribution < -0.4 is 0 Å². The topological polar surface area (TPSA) is 36.9 Å². The Balaban J connectivity index is 6.54. The molecule has 0 aromatic rings. The van der Waals surface area contributed by atoms with E-state index in [9.17, 15) is 0 Å². The third kappa shape index (κ3) is 12.3. The molecule has 0 fully saturated rings. The fourth-order valence-corrected chi connectivity index (χ4v) is 13.8. The first-order valence-electron chi connectivity index (χ1n) is 14.0. The molecule has 196 valence electrons. The van der Waals surface area contributed by atoms with Crippen molar-refractivity contribution >= 4 is 17.1 Å². The van der Waals surface area contributed by atoms with Crippen molar-refractivity contribution in [2.75, 3.05) is 26.4 Å². The van der Waals surface area contributed by atoms with Gasteiger partial charge in [0, 0.05) is 26.4 Å². The van der Waals surface area contributed by atoms with E-state index < -0.39 is 17.1 Å². The highest BCUT2D eigenvalue weighted by Crippen LogP contribution is 2.40. The molecule has 6 heteroatoms. The summed E-state index contributed by atoms with van der Waals surface area (Å²) in [4.78, 5) is 0. The lowest BCUT2D eigenvalue weighted by Gasteiger charge is -2.43. The van der Waals surface area contributed by atoms with Gasteiger partial charge in [0.05, 0.1) is 5.16 Å². The van der Waals surface area contributed by atoms with Gasteiger partial charge in [-0.1, -0.05) is 86.3 Å². The van der Waals surface area contributed by atoms with Crippen molar-refractivity contribution in [1.82, 2.24) is 0 Å². The number of hydrogen-bond acceptors (Lipinski definition) is 4. The highest BCUT2D eigenvalue weighted by atomic mass is 28.4. The molecule has 4 nitrogen and oxygen atoms in total. The molecular formula is C27H56O4Si2. The highest BCUT2D eigenvalue weighted by Gasteiger charge is 2.58. The predicted octanol–water partition coefficient (Wildman–Crippen LogP) is 8.47. The molecule has 0 saturated heterocycles. The lowest BCUT2D eigenvalue weighted by Crippen LogP contribution is -2.60. The Morgan fingerprint density at radius 1 is 0.515 bits per heavy atom. The van der Waals surface area contributed by atoms with E-state index in [0.29, 0.717) is 0 Å². The van der Waals surface area contributed by atoms with E-state index in [0.717, 1.165) is 71.4 Å². The molecule has 0 aliphatic heterocycles. The van der Waals surface area contributed by atoms with E-state index >= 15 is 0 Å². The van der Waals surface area contributed by atoms with Crippen LogP contribution >= 0.6 is 0 Å². The third-order valence-electron chi connectivity index (χ3n) is 5.66. The first-order chi connectivity index (χ1) is 16.1. The van der Waals surface area contributed by atoms with Crippen molar-refractivity contribution in [3.8, 4) is 0 Å². The van der Waals surface area contributed by atoms with Gasteiger partial charge in [-0.3, -0.25) is 0 Å². The van der Waals surface area contributed by atoms with Crippen molar-refractivity contribution in [3.63, 3.8) is 0 Å². The second kappa shape index (κ2) is 21.1. The molecule has 0 rings (SSSR count). The number of unbranched alkanes of at least 4 members (excludes halogenated alkanes) is 4. The second-order valence-electron chi connectivity index (χ2n) is 8.89. The van der Waals surface area contributed by atoms with Gasteiger partial charge in [0.1, 0.15) is 0 Å². The van der Waals surface area contributed by atoms with Gasteiger partial charge in [-0.15, -0.1) is 0 Å². The largest absolute Gasteiger partial charge is 0.391 e. The smallest absolute Gasteiger partial charge is 0.370 e. The summed E-state index contributed by atoms with van der Waals surface area (Å²) in [7, 11) is -5.48. The third-order valence-corrected chi connectivity index (χ3v) is 14.9. The zero-order valence-corrected chi connectivity index (χ0v) is 25.1. The van der Waals surface area contributed by atoms with Gasteiger partial charge in [0.15, 0.2) is 0 Å². The minimum Gasteiger partial charge on any atom is -0.391 e. The van der Waals surface area contributed by atoms with Crippen LogP contribution in [-0.2, 0) is 17.7 Å². The number of allylic oxidation sites excluding steroid dienone is 2. The van der Waals surface area contributed by atoms with Gasteiger partial charge in [-0.25, -0.2) is 0 Å². The van der Waals surface area contributed by atoms with Crippen LogP contribution in [0.4, 0.5) is 0 Å². The van der Waals surface area contributed by atoms with Crippen LogP contribution in [0.3, 0.4) is 0 Å². The molecule has 0 N–H and O–H groups in total. The Labute approximate surface area is 209 Å². The van der Waals surface area contributed by atoms with Gasteiger partial charge in [0.2, 0.25) is 0 Å². The fraction of sp³-hybridized carbons (Fsp3) is 0.852. The average molecular weight is 501 g/mol. The monoisotopic (exact) mass is 500 g/mol. The molecule has 0 aromatic carbocycles. The summed E-state index contributed by atoms with van der Waals surface area (Å²) < 4.78 is 27.1. The summed E-state index contributed by atoms with van der Waals surface area (Å²) in [5, 5.41) is 0.150. The van der Waals surface area contributed by atoms with Gasteiger partial charge in [-0.05, 0) is 56.3 Å². The second-order valence-corrected chi connectivity index (χ2v) is 15.6. The standard InChI is InChI=1S/C27H56O4Si2/c1-8-15-17-19-25-32(28-21-10-3,29-22-11-4)27(14-7)33(30-23-12-5,31-24-13-6)26-20-18-16-9-2/h19-20,25-27H,8-18,21-24H2,1-7H3. The summed E-state index contributed by atoms with van der Waals surface area (Å²) in [6, 6.07) is 0. The van der Waals surface area contributed by atoms with Crippen LogP contribution in [0.15, 0.2) is 23.6 Å². The SMILES string of the molecule is CCCCC=C[Si](OCCC)(OCCC)C(CC)[Si](C=CCCCC)(OCCC)OCCC. The van der Waals surface area contributed by atoms with Crippen molar-refractivity contribution in [1.29, 1.82) is 0 Å². The lowest BCUT2D eigenvalue weighted by molar-refractivity contribution is 0.145. The Morgan fingerprint density at radius 3 is 1.09 bits per heavy atom. The van der Waals surface area contributed by atoms with E-state index in [1.54, 1.807) is 0 Å². The molecule has 0 spiro atoms. The Hall–Kier alpha value is -0.246. The predicted molar refractivity (Wildman–Crippen MR) is 148 cm³/mol. The van der Waals surface area contributed by atoms with Crippen LogP contribution in [-0.4, -0.2) is 43.5 Å². The van der Waals surface area contributed by atoms with Crippen molar-refractivity contribution in [2.45, 2.75) is 124 Å². The summed E-state index contributed by atoms with van der Waals surface area (Å²) in [5.74, 6) is 0. The minimum atomic E-state index is -2.74. The van der Waals surface area contributed by atoms with Gasteiger partial charge >= 0.3 is 17.1 Å². The van der Waals surface area contributed by atoms with Crippen molar-refractivity contribution in [3.05, 3.63) is 23.6 Å². The molecule has 0 radical (unpaired) electrons. The Bertz CT molecular complexity index is 439. The zero-order valence-electron chi connectivity index (χ0n) is 23.1. The van der Waals surface area contributed by atoms with E-state index in [2.05, 4.69) is 72.0 Å². The molecule has 33 heavy (non-hydrogen) atoms. The quantitative estimate of drug-likeness (QED) is 0.104. The Kier molecular flexibility index (Phi) is 20.9. The van der Waals surface area contributed by atoms with Crippen molar-refractivity contribution in [2.24, 2.45) is 0 Å². The number of rotatable bonds is 23. The first kappa shape index (κ1) is 32.8. The average Bonchev–Trinajstić information content (AvgIpc) is 2.84. The van der Waals surface area contributed by atoms with Crippen LogP contribution in [0, 0.1) is 0 Å². The fourth-order valence-electron chi connectivity index (χ4n) is 3.95. The molecule has 0 bridgehead atoms. The van der Waals surface area contributed by atoms with E-state index in [1.165, 1.54) is 25.7 Å². The lowest BCUT2D eigenvalue weighted by atomic mass is 10.2. The van der Waals surface area contributed by atoms with Crippen LogP contribution in [0.2, 0.25) is 5.16 Å². The molecule has 0 aliphatic carbocycles. The van der Waals surface area contributed by atoms with Gasteiger partial charge in [0.25, 0.3) is 0 Å². The molecule has 0 unspecified atom stereocenters. The zero-order chi connectivity index (χ0) is 24.8. The van der Waals surface area contributed by atoms with Crippen LogP contribution in [0.5, 0.6) is 0 Å². The molecule has 0 aromatic heterocycles. The van der Waals surface area contributed by atoms with Crippen molar-refractivity contribution < 1.29 is 17.7 Å². The molecule has 0 saturated carbocycles. The van der Waals surface area contributed by atoms with Gasteiger partial charge < -0.3 is 17.7 Å². The molecule has 0 atom stereocenters. The minimum absolute atomic E-state index is 0.150. The van der Waals surface area contributed by atoms with Crippen LogP contribution in [0.25, 0.3) is 0 Å². The highest BCUT2D eigenvalue weighted by molar-refractivity contribution is 6.93.